The number of para-hydroxylation sites is 1. The molecule has 0 aliphatic carbocycles. The van der Waals surface area contributed by atoms with Crippen molar-refractivity contribution in [2.24, 2.45) is 0 Å². The Morgan fingerprint density at radius 2 is 1.86 bits per heavy atom. The van der Waals surface area contributed by atoms with Gasteiger partial charge >= 0.3 is 0 Å². The highest BCUT2D eigenvalue weighted by Gasteiger charge is 2.00. The minimum atomic E-state index is -0.325. The average molecular weight is 316 g/mol. The van der Waals surface area contributed by atoms with Gasteiger partial charge in [0.05, 0.1) is 10.2 Å². The van der Waals surface area contributed by atoms with Gasteiger partial charge in [-0.3, -0.25) is 0 Å². The smallest absolute Gasteiger partial charge is 0.169 e. The number of thiazole rings is 1. The number of halogens is 1. The van der Waals surface area contributed by atoms with Gasteiger partial charge in [-0.2, -0.15) is 0 Å². The van der Waals surface area contributed by atoms with Crippen molar-refractivity contribution in [3.63, 3.8) is 0 Å². The topological polar surface area (TPSA) is 22.1 Å². The SMILES string of the molecule is CC(Cl)Oc1ccc(/C=C/c2nc3ccccc3s2)cc1. The van der Waals surface area contributed by atoms with E-state index in [2.05, 4.69) is 11.1 Å². The first kappa shape index (κ1) is 14.1. The van der Waals surface area contributed by atoms with E-state index >= 15 is 0 Å². The Labute approximate surface area is 132 Å². The van der Waals surface area contributed by atoms with Crippen molar-refractivity contribution in [1.29, 1.82) is 0 Å². The minimum Gasteiger partial charge on any atom is -0.475 e. The molecule has 106 valence electrons. The fraction of sp³-hybridized carbons (Fsp3) is 0.118. The zero-order valence-electron chi connectivity index (χ0n) is 11.5. The Bertz CT molecular complexity index is 729. The number of fused-ring (bicyclic) bond motifs is 1. The number of aromatic nitrogens is 1. The van der Waals surface area contributed by atoms with Crippen molar-refractivity contribution in [1.82, 2.24) is 4.98 Å². The van der Waals surface area contributed by atoms with E-state index in [4.69, 9.17) is 16.3 Å². The molecule has 1 atom stereocenters. The quantitative estimate of drug-likeness (QED) is 0.599. The molecule has 0 saturated carbocycles. The van der Waals surface area contributed by atoms with Crippen LogP contribution >= 0.6 is 22.9 Å². The summed E-state index contributed by atoms with van der Waals surface area (Å²) in [6, 6.07) is 16.0. The highest BCUT2D eigenvalue weighted by atomic mass is 35.5. The van der Waals surface area contributed by atoms with Crippen LogP contribution in [0.15, 0.2) is 48.5 Å². The molecule has 0 aliphatic heterocycles. The van der Waals surface area contributed by atoms with Crippen LogP contribution in [0.2, 0.25) is 0 Å². The van der Waals surface area contributed by atoms with Crippen molar-refractivity contribution in [2.75, 3.05) is 0 Å². The first-order chi connectivity index (χ1) is 10.2. The molecule has 21 heavy (non-hydrogen) atoms. The van der Waals surface area contributed by atoms with Crippen molar-refractivity contribution >= 4 is 45.3 Å². The zero-order valence-corrected chi connectivity index (χ0v) is 13.1. The molecule has 2 aromatic carbocycles. The second-order valence-corrected chi connectivity index (χ2v) is 6.26. The Hall–Kier alpha value is -1.84. The molecule has 0 N–H and O–H groups in total. The summed E-state index contributed by atoms with van der Waals surface area (Å²) >= 11 is 7.48. The maximum atomic E-state index is 5.79. The highest BCUT2D eigenvalue weighted by Crippen LogP contribution is 2.23. The fourth-order valence-electron chi connectivity index (χ4n) is 1.97. The van der Waals surface area contributed by atoms with Gasteiger partial charge in [-0.1, -0.05) is 41.9 Å². The Morgan fingerprint density at radius 3 is 2.57 bits per heavy atom. The number of rotatable bonds is 4. The van der Waals surface area contributed by atoms with E-state index in [1.807, 2.05) is 54.6 Å². The van der Waals surface area contributed by atoms with E-state index in [0.717, 1.165) is 21.8 Å². The molecule has 0 fully saturated rings. The summed E-state index contributed by atoms with van der Waals surface area (Å²) < 4.78 is 6.61. The van der Waals surface area contributed by atoms with Crippen LogP contribution in [0.25, 0.3) is 22.4 Å². The van der Waals surface area contributed by atoms with Gasteiger partial charge in [-0.05, 0) is 42.8 Å². The molecular formula is C17H14ClNOS. The first-order valence-electron chi connectivity index (χ1n) is 6.65. The standard InChI is InChI=1S/C17H14ClNOS/c1-12(18)20-14-9-6-13(7-10-14)8-11-17-19-15-4-2-3-5-16(15)21-17/h2-12H,1H3/b11-8+. The number of ether oxygens (including phenoxy) is 1. The molecule has 0 aliphatic rings. The van der Waals surface area contributed by atoms with E-state index < -0.39 is 0 Å². The molecule has 1 aromatic heterocycles. The third kappa shape index (κ3) is 3.63. The third-order valence-corrected chi connectivity index (χ3v) is 4.00. The van der Waals surface area contributed by atoms with E-state index in [1.54, 1.807) is 18.3 Å². The van der Waals surface area contributed by atoms with E-state index in [1.165, 1.54) is 4.70 Å². The molecule has 4 heteroatoms. The predicted octanol–water partition coefficient (Wildman–Crippen LogP) is 5.43. The number of alkyl halides is 1. The maximum Gasteiger partial charge on any atom is 0.169 e. The predicted molar refractivity (Wildman–Crippen MR) is 90.9 cm³/mol. The van der Waals surface area contributed by atoms with Gasteiger partial charge in [0.1, 0.15) is 10.8 Å². The number of hydrogen-bond donors (Lipinski definition) is 0. The molecule has 1 heterocycles. The molecule has 2 nitrogen and oxygen atoms in total. The lowest BCUT2D eigenvalue weighted by Gasteiger charge is -2.07. The van der Waals surface area contributed by atoms with Crippen molar-refractivity contribution in [2.45, 2.75) is 12.5 Å². The minimum absolute atomic E-state index is 0.325. The molecule has 3 aromatic rings. The van der Waals surface area contributed by atoms with Crippen LogP contribution in [0.5, 0.6) is 5.75 Å². The normalized spacial score (nSPS) is 12.9. The monoisotopic (exact) mass is 315 g/mol. The summed E-state index contributed by atoms with van der Waals surface area (Å²) in [6.07, 6.45) is 4.08. The number of nitrogens with zero attached hydrogens (tertiary/aromatic N) is 1. The number of benzene rings is 2. The summed E-state index contributed by atoms with van der Waals surface area (Å²) in [4.78, 5) is 4.57. The molecule has 1 unspecified atom stereocenters. The Balaban J connectivity index is 1.76. The van der Waals surface area contributed by atoms with Crippen LogP contribution in [0.4, 0.5) is 0 Å². The lowest BCUT2D eigenvalue weighted by molar-refractivity contribution is 0.301. The van der Waals surface area contributed by atoms with Crippen molar-refractivity contribution in [3.05, 3.63) is 59.1 Å². The number of hydrogen-bond acceptors (Lipinski definition) is 3. The van der Waals surface area contributed by atoms with Gasteiger partial charge in [-0.15, -0.1) is 11.3 Å². The van der Waals surface area contributed by atoms with Gasteiger partial charge in [0.2, 0.25) is 0 Å². The van der Waals surface area contributed by atoms with Crippen LogP contribution in [0.3, 0.4) is 0 Å². The van der Waals surface area contributed by atoms with E-state index in [-0.39, 0.29) is 5.56 Å². The first-order valence-corrected chi connectivity index (χ1v) is 7.90. The molecular weight excluding hydrogens is 302 g/mol. The summed E-state index contributed by atoms with van der Waals surface area (Å²) in [5.74, 6) is 0.773. The van der Waals surface area contributed by atoms with Gasteiger partial charge in [0, 0.05) is 0 Å². The molecule has 0 amide bonds. The zero-order chi connectivity index (χ0) is 14.7. The summed E-state index contributed by atoms with van der Waals surface area (Å²) in [7, 11) is 0. The van der Waals surface area contributed by atoms with Gasteiger partial charge in [0.15, 0.2) is 5.56 Å². The highest BCUT2D eigenvalue weighted by molar-refractivity contribution is 7.19. The molecule has 3 rings (SSSR count). The maximum absolute atomic E-state index is 5.79. The Kier molecular flexibility index (Phi) is 4.23. The molecule has 0 radical (unpaired) electrons. The van der Waals surface area contributed by atoms with Crippen LogP contribution in [-0.4, -0.2) is 10.5 Å². The van der Waals surface area contributed by atoms with Crippen LogP contribution in [0, 0.1) is 0 Å². The molecule has 0 bridgehead atoms. The summed E-state index contributed by atoms with van der Waals surface area (Å²) in [5.41, 5.74) is 1.82. The summed E-state index contributed by atoms with van der Waals surface area (Å²) in [5, 5.41) is 1.01. The fourth-order valence-corrected chi connectivity index (χ4v) is 2.95. The molecule has 0 spiro atoms. The van der Waals surface area contributed by atoms with Gasteiger partial charge < -0.3 is 4.74 Å². The summed E-state index contributed by atoms with van der Waals surface area (Å²) in [6.45, 7) is 1.79. The van der Waals surface area contributed by atoms with Crippen molar-refractivity contribution in [3.8, 4) is 5.75 Å². The lowest BCUT2D eigenvalue weighted by Crippen LogP contribution is -2.01. The lowest BCUT2D eigenvalue weighted by atomic mass is 10.2. The van der Waals surface area contributed by atoms with Crippen LogP contribution in [-0.2, 0) is 0 Å². The van der Waals surface area contributed by atoms with E-state index in [9.17, 15) is 0 Å². The average Bonchev–Trinajstić information content (AvgIpc) is 2.89. The van der Waals surface area contributed by atoms with Crippen LogP contribution < -0.4 is 4.74 Å². The largest absolute Gasteiger partial charge is 0.475 e. The second-order valence-electron chi connectivity index (χ2n) is 4.58. The van der Waals surface area contributed by atoms with Crippen molar-refractivity contribution < 1.29 is 4.74 Å². The third-order valence-electron chi connectivity index (χ3n) is 2.91. The Morgan fingerprint density at radius 1 is 1.10 bits per heavy atom. The van der Waals surface area contributed by atoms with Crippen LogP contribution in [0.1, 0.15) is 17.5 Å². The van der Waals surface area contributed by atoms with E-state index in [0.29, 0.717) is 0 Å². The van der Waals surface area contributed by atoms with Gasteiger partial charge in [-0.25, -0.2) is 4.98 Å². The molecule has 0 saturated heterocycles. The van der Waals surface area contributed by atoms with Gasteiger partial charge in [0.25, 0.3) is 0 Å². The second kappa shape index (κ2) is 6.29.